The molecule has 31 heavy (non-hydrogen) atoms. The number of aromatic nitrogens is 5. The van der Waals surface area contributed by atoms with Crippen molar-refractivity contribution in [1.29, 1.82) is 5.26 Å². The molecule has 3 heterocycles. The van der Waals surface area contributed by atoms with Crippen molar-refractivity contribution in [2.45, 2.75) is 18.8 Å². The van der Waals surface area contributed by atoms with E-state index < -0.39 is 5.82 Å². The number of rotatable bonds is 4. The van der Waals surface area contributed by atoms with Crippen molar-refractivity contribution >= 4 is 5.65 Å². The maximum absolute atomic E-state index is 12.4. The van der Waals surface area contributed by atoms with Crippen LogP contribution < -0.4 is 9.47 Å². The average Bonchev–Trinajstić information content (AvgIpc) is 3.55. The normalized spacial score (nSPS) is 12.6. The van der Waals surface area contributed by atoms with Crippen molar-refractivity contribution in [1.82, 2.24) is 24.6 Å². The van der Waals surface area contributed by atoms with E-state index in [2.05, 4.69) is 26.1 Å². The van der Waals surface area contributed by atoms with Crippen molar-refractivity contribution in [2.24, 2.45) is 0 Å². The van der Waals surface area contributed by atoms with Gasteiger partial charge in [0.2, 0.25) is 5.88 Å². The smallest absolute Gasteiger partial charge is 0.319 e. The highest BCUT2D eigenvalue weighted by molar-refractivity contribution is 5.67. The van der Waals surface area contributed by atoms with E-state index in [0.717, 1.165) is 16.9 Å². The third-order valence-corrected chi connectivity index (χ3v) is 4.78. The molecule has 0 atom stereocenters. The van der Waals surface area contributed by atoms with Crippen molar-refractivity contribution in [2.75, 3.05) is 14.2 Å². The highest BCUT2D eigenvalue weighted by Crippen LogP contribution is 2.43. The fourth-order valence-electron chi connectivity index (χ4n) is 3.10. The van der Waals surface area contributed by atoms with E-state index in [0.29, 0.717) is 11.8 Å². The second-order valence-electron chi connectivity index (χ2n) is 6.83. The Bertz CT molecular complexity index is 1260. The molecule has 9 heteroatoms. The van der Waals surface area contributed by atoms with E-state index >= 15 is 0 Å². The third-order valence-electron chi connectivity index (χ3n) is 4.78. The second-order valence-corrected chi connectivity index (χ2v) is 6.83. The van der Waals surface area contributed by atoms with Gasteiger partial charge in [0.1, 0.15) is 11.9 Å². The van der Waals surface area contributed by atoms with Crippen LogP contribution in [0.15, 0.2) is 48.9 Å². The molecule has 3 aromatic heterocycles. The maximum atomic E-state index is 12.4. The molecule has 0 radical (unpaired) electrons. The summed E-state index contributed by atoms with van der Waals surface area (Å²) in [5.74, 6) is 0.553. The maximum Gasteiger partial charge on any atom is 0.319 e. The minimum Gasteiger partial charge on any atom is -0.480 e. The number of nitrogens with zero attached hydrogens (tertiary/aromatic N) is 6. The summed E-state index contributed by atoms with van der Waals surface area (Å²) in [5, 5.41) is 12.8. The number of halogens is 1. The number of hydrogen-bond donors (Lipinski definition) is 0. The summed E-state index contributed by atoms with van der Waals surface area (Å²) in [5.41, 5.74) is 3.73. The molecular weight excluding hydrogens is 399 g/mol. The van der Waals surface area contributed by atoms with Gasteiger partial charge in [-0.05, 0) is 37.0 Å². The van der Waals surface area contributed by atoms with Gasteiger partial charge in [-0.3, -0.25) is 0 Å². The highest BCUT2D eigenvalue weighted by Gasteiger charge is 2.28. The highest BCUT2D eigenvalue weighted by atomic mass is 19.1. The van der Waals surface area contributed by atoms with Crippen LogP contribution in [-0.4, -0.2) is 38.8 Å². The molecule has 1 saturated carbocycles. The number of imidazole rings is 1. The summed E-state index contributed by atoms with van der Waals surface area (Å²) in [6, 6.07) is 9.93. The minimum atomic E-state index is -0.458. The van der Waals surface area contributed by atoms with Crippen molar-refractivity contribution in [3.05, 3.63) is 65.9 Å². The largest absolute Gasteiger partial charge is 0.480 e. The Hall–Kier alpha value is -4.06. The van der Waals surface area contributed by atoms with Crippen molar-refractivity contribution < 1.29 is 13.9 Å². The predicted octanol–water partition coefficient (Wildman–Crippen LogP) is 3.78. The number of fused-ring (bicyclic) bond motifs is 1. The molecule has 8 nitrogen and oxygen atoms in total. The summed E-state index contributed by atoms with van der Waals surface area (Å²) >= 11 is 0. The van der Waals surface area contributed by atoms with Crippen LogP contribution in [0.25, 0.3) is 16.9 Å². The molecule has 0 spiro atoms. The lowest BCUT2D eigenvalue weighted by Gasteiger charge is -2.10. The SMILES string of the molecule is COc1ncc(-c2cc(C3CC3)c3nccn3n2)c(OC)n1.N#Cc1ccccc1F. The van der Waals surface area contributed by atoms with Gasteiger partial charge in [0.05, 0.1) is 31.0 Å². The van der Waals surface area contributed by atoms with Gasteiger partial charge in [0.15, 0.2) is 5.65 Å². The average molecular weight is 418 g/mol. The van der Waals surface area contributed by atoms with Gasteiger partial charge in [-0.25, -0.2) is 18.9 Å². The predicted molar refractivity (Wildman–Crippen MR) is 110 cm³/mol. The van der Waals surface area contributed by atoms with E-state index in [1.54, 1.807) is 42.2 Å². The Balaban J connectivity index is 0.000000217. The Morgan fingerprint density at radius 1 is 1.16 bits per heavy atom. The summed E-state index contributed by atoms with van der Waals surface area (Å²) in [6.07, 6.45) is 7.68. The molecule has 1 fully saturated rings. The van der Waals surface area contributed by atoms with Crippen LogP contribution in [0.4, 0.5) is 4.39 Å². The zero-order valence-electron chi connectivity index (χ0n) is 17.0. The van der Waals surface area contributed by atoms with Crippen molar-refractivity contribution in [3.63, 3.8) is 0 Å². The standard InChI is InChI=1S/C15H15N5O2.C7H4FN/c1-21-14-11(8-17-15(18-14)22-2)12-7-10(9-3-4-9)13-16-5-6-20(13)19-12;8-7-4-2-1-3-6(7)5-9/h5-9H,3-4H2,1-2H3;1-4H. The van der Waals surface area contributed by atoms with Gasteiger partial charge < -0.3 is 9.47 Å². The number of methoxy groups -OCH3 is 2. The summed E-state index contributed by atoms with van der Waals surface area (Å²) in [4.78, 5) is 12.8. The fraction of sp³-hybridized carbons (Fsp3) is 0.227. The van der Waals surface area contributed by atoms with Crippen LogP contribution in [0.2, 0.25) is 0 Å². The lowest BCUT2D eigenvalue weighted by Crippen LogP contribution is -2.02. The van der Waals surface area contributed by atoms with Gasteiger partial charge in [-0.1, -0.05) is 12.1 Å². The van der Waals surface area contributed by atoms with Crippen molar-refractivity contribution in [3.8, 4) is 29.2 Å². The summed E-state index contributed by atoms with van der Waals surface area (Å²) in [6.45, 7) is 0. The molecule has 156 valence electrons. The molecule has 1 aliphatic carbocycles. The van der Waals surface area contributed by atoms with Crippen LogP contribution in [-0.2, 0) is 0 Å². The Kier molecular flexibility index (Phi) is 5.71. The topological polar surface area (TPSA) is 98.2 Å². The van der Waals surface area contributed by atoms with E-state index in [-0.39, 0.29) is 11.6 Å². The number of benzene rings is 1. The molecule has 0 N–H and O–H groups in total. The van der Waals surface area contributed by atoms with E-state index in [1.165, 1.54) is 37.6 Å². The summed E-state index contributed by atoms with van der Waals surface area (Å²) < 4.78 is 24.6. The number of hydrogen-bond acceptors (Lipinski definition) is 7. The van der Waals surface area contributed by atoms with Gasteiger partial charge in [0, 0.05) is 24.2 Å². The minimum absolute atomic E-state index is 0.0949. The van der Waals surface area contributed by atoms with E-state index in [9.17, 15) is 4.39 Å². The molecule has 1 aliphatic rings. The van der Waals surface area contributed by atoms with Gasteiger partial charge in [0.25, 0.3) is 0 Å². The monoisotopic (exact) mass is 418 g/mol. The first-order valence-electron chi connectivity index (χ1n) is 9.59. The Morgan fingerprint density at radius 3 is 2.61 bits per heavy atom. The quantitative estimate of drug-likeness (QED) is 0.497. The molecule has 4 aromatic rings. The van der Waals surface area contributed by atoms with E-state index in [4.69, 9.17) is 14.7 Å². The lowest BCUT2D eigenvalue weighted by atomic mass is 10.1. The number of ether oxygens (including phenoxy) is 2. The molecule has 5 rings (SSSR count). The first-order chi connectivity index (χ1) is 15.1. The van der Waals surface area contributed by atoms with Gasteiger partial charge in [-0.2, -0.15) is 15.3 Å². The van der Waals surface area contributed by atoms with Crippen LogP contribution in [0.1, 0.15) is 29.9 Å². The molecule has 1 aromatic carbocycles. The first kappa shape index (κ1) is 20.2. The molecular formula is C22H19FN6O2. The van der Waals surface area contributed by atoms with Gasteiger partial charge >= 0.3 is 6.01 Å². The first-order valence-corrected chi connectivity index (χ1v) is 9.59. The van der Waals surface area contributed by atoms with E-state index in [1.807, 2.05) is 6.20 Å². The summed E-state index contributed by atoms with van der Waals surface area (Å²) in [7, 11) is 3.10. The van der Waals surface area contributed by atoms with Crippen LogP contribution >= 0.6 is 0 Å². The number of nitriles is 1. The second kappa shape index (κ2) is 8.75. The molecule has 0 saturated heterocycles. The fourth-order valence-corrected chi connectivity index (χ4v) is 3.10. The molecule has 0 bridgehead atoms. The van der Waals surface area contributed by atoms with Crippen LogP contribution in [0, 0.1) is 17.1 Å². The lowest BCUT2D eigenvalue weighted by molar-refractivity contribution is 0.353. The Morgan fingerprint density at radius 2 is 1.97 bits per heavy atom. The zero-order chi connectivity index (χ0) is 21.8. The molecule has 0 unspecified atom stereocenters. The van der Waals surface area contributed by atoms with Crippen LogP contribution in [0.3, 0.4) is 0 Å². The van der Waals surface area contributed by atoms with Gasteiger partial charge in [-0.15, -0.1) is 0 Å². The Labute approximate surface area is 177 Å². The van der Waals surface area contributed by atoms with Crippen LogP contribution in [0.5, 0.6) is 11.9 Å². The third kappa shape index (κ3) is 4.28. The molecule has 0 amide bonds. The molecule has 0 aliphatic heterocycles. The zero-order valence-corrected chi connectivity index (χ0v) is 17.0.